The van der Waals surface area contributed by atoms with Gasteiger partial charge in [0.05, 0.1) is 12.0 Å². The van der Waals surface area contributed by atoms with Gasteiger partial charge in [-0.3, -0.25) is 14.5 Å². The molecule has 264 valence electrons. The third kappa shape index (κ3) is 9.23. The number of likely N-dealkylation sites (N-methyl/N-ethyl adjacent to an activating group) is 1. The summed E-state index contributed by atoms with van der Waals surface area (Å²) >= 11 is 0. The Morgan fingerprint density at radius 2 is 1.58 bits per heavy atom. The Bertz CT molecular complexity index is 1500. The molecule has 0 saturated heterocycles. The first-order valence-corrected chi connectivity index (χ1v) is 16.7. The van der Waals surface area contributed by atoms with Crippen molar-refractivity contribution in [1.82, 2.24) is 4.90 Å². The van der Waals surface area contributed by atoms with E-state index in [1.54, 1.807) is 70.7 Å². The largest absolute Gasteiger partial charge is 0.489 e. The molecule has 0 bridgehead atoms. The zero-order chi connectivity index (χ0) is 35.6. The maximum absolute atomic E-state index is 14.1. The molecule has 2 amide bonds. The highest BCUT2D eigenvalue weighted by molar-refractivity contribution is 6.02. The van der Waals surface area contributed by atoms with Crippen LogP contribution in [0.1, 0.15) is 114 Å². The van der Waals surface area contributed by atoms with Gasteiger partial charge in [0.25, 0.3) is 5.91 Å². The highest BCUT2D eigenvalue weighted by atomic mass is 19.4. The molecule has 1 atom stereocenters. The smallest absolute Gasteiger partial charge is 0.416 e. The molecule has 1 aliphatic carbocycles. The quantitative estimate of drug-likeness (QED) is 0.261. The number of ether oxygens (including phenoxy) is 3. The maximum Gasteiger partial charge on any atom is 0.416 e. The predicted molar refractivity (Wildman–Crippen MR) is 177 cm³/mol. The van der Waals surface area contributed by atoms with E-state index in [4.69, 9.17) is 14.2 Å². The van der Waals surface area contributed by atoms with E-state index in [-0.39, 0.29) is 18.9 Å². The number of halogens is 3. The summed E-state index contributed by atoms with van der Waals surface area (Å²) in [5, 5.41) is 0. The normalized spacial score (nSPS) is 16.3. The lowest BCUT2D eigenvalue weighted by Crippen LogP contribution is -2.51. The Kier molecular flexibility index (Phi) is 11.1. The van der Waals surface area contributed by atoms with Crippen LogP contribution in [0.2, 0.25) is 0 Å². The Morgan fingerprint density at radius 1 is 0.938 bits per heavy atom. The van der Waals surface area contributed by atoms with E-state index in [9.17, 15) is 27.6 Å². The molecule has 11 heteroatoms. The van der Waals surface area contributed by atoms with Gasteiger partial charge in [-0.15, -0.1) is 0 Å². The number of amides is 2. The molecule has 1 heterocycles. The third-order valence-electron chi connectivity index (χ3n) is 8.74. The van der Waals surface area contributed by atoms with Crippen LogP contribution in [-0.4, -0.2) is 53.7 Å². The van der Waals surface area contributed by atoms with Gasteiger partial charge in [0.2, 0.25) is 0 Å². The van der Waals surface area contributed by atoms with Gasteiger partial charge in [-0.25, -0.2) is 4.79 Å². The summed E-state index contributed by atoms with van der Waals surface area (Å²) in [4.78, 5) is 42.6. The SMILES string of the molecule is Cc1c(OCc2ccc(C3CCCCC3)c(C(F)(F)F)c2)ccc2c1CCN2C(=O)[C@H](CC(=O)OC(C)(C)C)N(C)C(=O)OC(C)(C)C. The van der Waals surface area contributed by atoms with Crippen LogP contribution in [0.15, 0.2) is 30.3 Å². The first kappa shape index (κ1) is 37.1. The van der Waals surface area contributed by atoms with Crippen molar-refractivity contribution in [3.05, 3.63) is 58.1 Å². The van der Waals surface area contributed by atoms with Crippen molar-refractivity contribution in [2.75, 3.05) is 18.5 Å². The minimum absolute atomic E-state index is 0.0467. The number of rotatable bonds is 8. The van der Waals surface area contributed by atoms with Crippen molar-refractivity contribution < 1.29 is 41.8 Å². The van der Waals surface area contributed by atoms with Crippen molar-refractivity contribution >= 4 is 23.7 Å². The number of hydrogen-bond acceptors (Lipinski definition) is 6. The number of carbonyl (C=O) groups excluding carboxylic acids is 3. The average Bonchev–Trinajstić information content (AvgIpc) is 3.42. The first-order valence-electron chi connectivity index (χ1n) is 16.7. The molecule has 1 fully saturated rings. The number of esters is 1. The molecular weight excluding hydrogens is 625 g/mol. The molecule has 8 nitrogen and oxygen atoms in total. The van der Waals surface area contributed by atoms with E-state index >= 15 is 0 Å². The van der Waals surface area contributed by atoms with Crippen molar-refractivity contribution in [2.45, 2.75) is 129 Å². The zero-order valence-corrected chi connectivity index (χ0v) is 29.4. The van der Waals surface area contributed by atoms with E-state index in [2.05, 4.69) is 0 Å². The van der Waals surface area contributed by atoms with Crippen molar-refractivity contribution in [1.29, 1.82) is 0 Å². The van der Waals surface area contributed by atoms with E-state index < -0.39 is 47.0 Å². The monoisotopic (exact) mass is 674 g/mol. The highest BCUT2D eigenvalue weighted by Gasteiger charge is 2.39. The van der Waals surface area contributed by atoms with Crippen LogP contribution >= 0.6 is 0 Å². The Morgan fingerprint density at radius 3 is 2.19 bits per heavy atom. The predicted octanol–water partition coefficient (Wildman–Crippen LogP) is 8.50. The molecule has 2 aromatic rings. The van der Waals surface area contributed by atoms with E-state index in [1.807, 2.05) is 6.92 Å². The molecular formula is C37H49F3N2O6. The number of nitrogens with zero attached hydrogens (tertiary/aromatic N) is 2. The van der Waals surface area contributed by atoms with Gasteiger partial charge in [-0.2, -0.15) is 13.2 Å². The van der Waals surface area contributed by atoms with Crippen molar-refractivity contribution in [3.8, 4) is 5.75 Å². The number of benzene rings is 2. The second-order valence-electron chi connectivity index (χ2n) is 14.9. The van der Waals surface area contributed by atoms with Crippen LogP contribution in [0.3, 0.4) is 0 Å². The third-order valence-corrected chi connectivity index (χ3v) is 8.74. The van der Waals surface area contributed by atoms with Crippen molar-refractivity contribution in [2.24, 2.45) is 0 Å². The molecule has 0 aromatic heterocycles. The minimum atomic E-state index is -4.46. The summed E-state index contributed by atoms with van der Waals surface area (Å²) in [6.45, 7) is 12.4. The molecule has 4 rings (SSSR count). The molecule has 2 aliphatic rings. The average molecular weight is 675 g/mol. The summed E-state index contributed by atoms with van der Waals surface area (Å²) in [5.74, 6) is -0.665. The van der Waals surface area contributed by atoms with Gasteiger partial charge in [-0.05, 0) is 114 Å². The minimum Gasteiger partial charge on any atom is -0.489 e. The summed E-state index contributed by atoms with van der Waals surface area (Å²) in [6, 6.07) is 6.78. The van der Waals surface area contributed by atoms with E-state index in [0.29, 0.717) is 35.5 Å². The first-order chi connectivity index (χ1) is 22.2. The number of fused-ring (bicyclic) bond motifs is 1. The molecule has 1 saturated carbocycles. The second-order valence-corrected chi connectivity index (χ2v) is 14.9. The highest BCUT2D eigenvalue weighted by Crippen LogP contribution is 2.42. The molecule has 0 spiro atoms. The molecule has 0 unspecified atom stereocenters. The van der Waals surface area contributed by atoms with Crippen LogP contribution in [-0.2, 0) is 38.3 Å². The number of alkyl halides is 3. The number of carbonyl (C=O) groups is 3. The standard InChI is InChI=1S/C37H49F3N2O6/c1-23-26-18-19-42(33(44)30(21-32(43)47-35(2,3)4)41(8)34(45)48-36(5,6)7)29(26)16-17-31(23)46-22-24-14-15-27(25-12-10-9-11-13-25)28(20-24)37(38,39)40/h14-17,20,25,30H,9-13,18-19,21-22H2,1-8H3/t30-/m0/s1. The summed E-state index contributed by atoms with van der Waals surface area (Å²) in [7, 11) is 1.42. The van der Waals surface area contributed by atoms with Crippen LogP contribution in [0.4, 0.5) is 23.7 Å². The summed E-state index contributed by atoms with van der Waals surface area (Å²) in [5.41, 5.74) is 0.835. The zero-order valence-electron chi connectivity index (χ0n) is 29.4. The Labute approximate surface area is 281 Å². The summed E-state index contributed by atoms with van der Waals surface area (Å²) < 4.78 is 59.3. The Balaban J connectivity index is 1.54. The fourth-order valence-corrected chi connectivity index (χ4v) is 6.46. The van der Waals surface area contributed by atoms with Crippen LogP contribution < -0.4 is 9.64 Å². The van der Waals surface area contributed by atoms with Gasteiger partial charge in [0.15, 0.2) is 0 Å². The molecule has 0 N–H and O–H groups in total. The van der Waals surface area contributed by atoms with Gasteiger partial charge >= 0.3 is 18.2 Å². The fraction of sp³-hybridized carbons (Fsp3) is 0.595. The topological polar surface area (TPSA) is 85.4 Å². The lowest BCUT2D eigenvalue weighted by molar-refractivity contribution is -0.157. The Hall–Kier alpha value is -3.76. The van der Waals surface area contributed by atoms with Gasteiger partial charge < -0.3 is 19.1 Å². The van der Waals surface area contributed by atoms with Gasteiger partial charge in [0.1, 0.15) is 29.6 Å². The lowest BCUT2D eigenvalue weighted by atomic mass is 9.81. The van der Waals surface area contributed by atoms with Crippen LogP contribution in [0.5, 0.6) is 5.75 Å². The fourth-order valence-electron chi connectivity index (χ4n) is 6.46. The van der Waals surface area contributed by atoms with E-state index in [1.165, 1.54) is 13.1 Å². The van der Waals surface area contributed by atoms with Crippen LogP contribution in [0, 0.1) is 6.92 Å². The van der Waals surface area contributed by atoms with E-state index in [0.717, 1.165) is 48.1 Å². The second kappa shape index (κ2) is 14.4. The van der Waals surface area contributed by atoms with Gasteiger partial charge in [-0.1, -0.05) is 31.4 Å². The lowest BCUT2D eigenvalue weighted by Gasteiger charge is -2.32. The molecule has 0 radical (unpaired) electrons. The molecule has 2 aromatic carbocycles. The number of hydrogen-bond donors (Lipinski definition) is 0. The number of anilines is 1. The molecule has 48 heavy (non-hydrogen) atoms. The summed E-state index contributed by atoms with van der Waals surface area (Å²) in [6.07, 6.45) is -0.587. The maximum atomic E-state index is 14.1. The van der Waals surface area contributed by atoms with Gasteiger partial charge in [0, 0.05) is 19.3 Å². The van der Waals surface area contributed by atoms with Crippen LogP contribution in [0.25, 0.3) is 0 Å². The van der Waals surface area contributed by atoms with Crippen molar-refractivity contribution in [3.63, 3.8) is 0 Å². The molecule has 1 aliphatic heterocycles.